The van der Waals surface area contributed by atoms with E-state index in [2.05, 4.69) is 19.9 Å². The number of nitro benzene ring substituents is 1. The third kappa shape index (κ3) is 3.58. The summed E-state index contributed by atoms with van der Waals surface area (Å²) in [6.45, 7) is 0. The van der Waals surface area contributed by atoms with Crippen LogP contribution in [0.1, 0.15) is 0 Å². The molecule has 166 valence electrons. The van der Waals surface area contributed by atoms with Crippen LogP contribution in [0.5, 0.6) is 0 Å². The van der Waals surface area contributed by atoms with Crippen molar-refractivity contribution in [1.29, 1.82) is 0 Å². The number of nitro groups is 1. The number of anilines is 3. The van der Waals surface area contributed by atoms with Crippen LogP contribution in [0.2, 0.25) is 0 Å². The van der Waals surface area contributed by atoms with Crippen LogP contribution in [0, 0.1) is 10.1 Å². The molecule has 0 saturated carbocycles. The largest absolute Gasteiger partial charge is 0.399 e. The summed E-state index contributed by atoms with van der Waals surface area (Å²) in [5, 5.41) is 14.4. The number of hydrogen-bond acceptors (Lipinski definition) is 9. The lowest BCUT2D eigenvalue weighted by atomic mass is 10.1. The summed E-state index contributed by atoms with van der Waals surface area (Å²) in [7, 11) is 0. The third-order valence-electron chi connectivity index (χ3n) is 5.38. The van der Waals surface area contributed by atoms with E-state index in [1.54, 1.807) is 24.5 Å². The van der Waals surface area contributed by atoms with Crippen molar-refractivity contribution in [3.63, 3.8) is 0 Å². The lowest BCUT2D eigenvalue weighted by Gasteiger charge is -2.05. The molecule has 0 radical (unpaired) electrons. The molecular formula is C24H18N8O2. The van der Waals surface area contributed by atoms with E-state index >= 15 is 0 Å². The number of nitrogen functional groups attached to an aromatic ring is 3. The van der Waals surface area contributed by atoms with Crippen LogP contribution in [-0.4, -0.2) is 24.9 Å². The zero-order valence-corrected chi connectivity index (χ0v) is 17.7. The highest BCUT2D eigenvalue weighted by Crippen LogP contribution is 2.29. The van der Waals surface area contributed by atoms with Crippen molar-refractivity contribution in [2.45, 2.75) is 0 Å². The predicted molar refractivity (Wildman–Crippen MR) is 134 cm³/mol. The van der Waals surface area contributed by atoms with Gasteiger partial charge in [0.05, 0.1) is 16.0 Å². The van der Waals surface area contributed by atoms with Gasteiger partial charge >= 0.3 is 0 Å². The number of benzene rings is 2. The molecule has 0 aliphatic rings. The molecule has 10 heteroatoms. The number of hydrogen-bond donors (Lipinski definition) is 3. The van der Waals surface area contributed by atoms with Gasteiger partial charge in [0.25, 0.3) is 5.69 Å². The Balaban J connectivity index is 0.000000142. The third-order valence-corrected chi connectivity index (χ3v) is 5.38. The van der Waals surface area contributed by atoms with Gasteiger partial charge in [0.2, 0.25) is 0 Å². The molecule has 6 rings (SSSR count). The van der Waals surface area contributed by atoms with Crippen molar-refractivity contribution in [3.05, 3.63) is 83.2 Å². The van der Waals surface area contributed by atoms with E-state index in [9.17, 15) is 10.1 Å². The fraction of sp³-hybridized carbons (Fsp3) is 0. The molecule has 4 aromatic heterocycles. The Morgan fingerprint density at radius 3 is 1.76 bits per heavy atom. The second-order valence-corrected chi connectivity index (χ2v) is 7.53. The molecule has 0 fully saturated rings. The van der Waals surface area contributed by atoms with Gasteiger partial charge in [0.15, 0.2) is 11.6 Å². The molecule has 0 aliphatic heterocycles. The topological polar surface area (TPSA) is 173 Å². The first kappa shape index (κ1) is 20.8. The number of fused-ring (bicyclic) bond motifs is 6. The Bertz CT molecular complexity index is 1740. The average Bonchev–Trinajstić information content (AvgIpc) is 2.84. The summed E-state index contributed by atoms with van der Waals surface area (Å²) < 4.78 is 0. The minimum absolute atomic E-state index is 0.00218. The van der Waals surface area contributed by atoms with Gasteiger partial charge < -0.3 is 17.2 Å². The molecule has 6 aromatic rings. The van der Waals surface area contributed by atoms with E-state index in [0.717, 1.165) is 32.6 Å². The highest BCUT2D eigenvalue weighted by atomic mass is 16.6. The van der Waals surface area contributed by atoms with E-state index in [-0.39, 0.29) is 11.5 Å². The van der Waals surface area contributed by atoms with E-state index in [4.69, 9.17) is 17.2 Å². The quantitative estimate of drug-likeness (QED) is 0.143. The lowest BCUT2D eigenvalue weighted by Crippen LogP contribution is -1.96. The molecule has 0 amide bonds. The van der Waals surface area contributed by atoms with Crippen LogP contribution in [0.25, 0.3) is 43.6 Å². The van der Waals surface area contributed by atoms with Gasteiger partial charge in [-0.2, -0.15) is 0 Å². The van der Waals surface area contributed by atoms with Crippen LogP contribution in [0.3, 0.4) is 0 Å². The van der Waals surface area contributed by atoms with Gasteiger partial charge in [-0.3, -0.25) is 20.1 Å². The Hall–Kier alpha value is -5.12. The van der Waals surface area contributed by atoms with E-state index in [1.165, 1.54) is 12.1 Å². The SMILES string of the molecule is Nc1ccc2c(c1)nc(N)c1ncccc12.Nc1nc2cc([N+](=O)[O-])ccc2c2cccnc12. The second kappa shape index (κ2) is 8.10. The molecule has 6 N–H and O–H groups in total. The Kier molecular flexibility index (Phi) is 4.94. The normalized spacial score (nSPS) is 10.9. The summed E-state index contributed by atoms with van der Waals surface area (Å²) in [5.41, 5.74) is 20.7. The first-order chi connectivity index (χ1) is 16.4. The van der Waals surface area contributed by atoms with Gasteiger partial charge in [-0.15, -0.1) is 0 Å². The standard InChI is InChI=1S/C12H8N4O2.C12H10N4/c13-12-11-9(2-1-5-14-11)8-4-3-7(16(17)18)6-10(8)15-12;13-7-3-4-8-9-2-1-5-15-11(9)12(14)16-10(8)6-7/h1-6H,(H2,13,15);1-6H,13H2,(H2,14,16). The predicted octanol–water partition coefficient (Wildman–Crippen LogP) is 4.22. The van der Waals surface area contributed by atoms with Crippen molar-refractivity contribution in [3.8, 4) is 0 Å². The van der Waals surface area contributed by atoms with Gasteiger partial charge in [-0.1, -0.05) is 18.2 Å². The Morgan fingerprint density at radius 2 is 1.21 bits per heavy atom. The molecule has 0 saturated heterocycles. The molecule has 0 aliphatic carbocycles. The van der Waals surface area contributed by atoms with Crippen LogP contribution in [0.4, 0.5) is 23.0 Å². The van der Waals surface area contributed by atoms with Crippen molar-refractivity contribution in [2.75, 3.05) is 17.2 Å². The number of rotatable bonds is 1. The fourth-order valence-corrected chi connectivity index (χ4v) is 3.84. The molecule has 0 unspecified atom stereocenters. The van der Waals surface area contributed by atoms with Gasteiger partial charge in [0.1, 0.15) is 11.0 Å². The number of nitrogens with zero attached hydrogens (tertiary/aromatic N) is 5. The summed E-state index contributed by atoms with van der Waals surface area (Å²) >= 11 is 0. The fourth-order valence-electron chi connectivity index (χ4n) is 3.84. The highest BCUT2D eigenvalue weighted by Gasteiger charge is 2.11. The zero-order valence-electron chi connectivity index (χ0n) is 17.7. The number of non-ortho nitro benzene ring substituents is 1. The van der Waals surface area contributed by atoms with Crippen molar-refractivity contribution >= 4 is 66.6 Å². The number of aromatic nitrogens is 4. The van der Waals surface area contributed by atoms with E-state index in [1.807, 2.05) is 36.4 Å². The minimum Gasteiger partial charge on any atom is -0.399 e. The molecule has 34 heavy (non-hydrogen) atoms. The van der Waals surface area contributed by atoms with Crippen molar-refractivity contribution < 1.29 is 4.92 Å². The van der Waals surface area contributed by atoms with E-state index in [0.29, 0.717) is 22.5 Å². The Labute approximate surface area is 192 Å². The van der Waals surface area contributed by atoms with Crippen LogP contribution < -0.4 is 17.2 Å². The van der Waals surface area contributed by atoms with Gasteiger partial charge in [-0.05, 0) is 30.3 Å². The Morgan fingerprint density at radius 1 is 0.676 bits per heavy atom. The second-order valence-electron chi connectivity index (χ2n) is 7.53. The maximum Gasteiger partial charge on any atom is 0.271 e. The molecule has 2 aromatic carbocycles. The molecule has 0 bridgehead atoms. The van der Waals surface area contributed by atoms with E-state index < -0.39 is 4.92 Å². The monoisotopic (exact) mass is 450 g/mol. The number of pyridine rings is 4. The summed E-state index contributed by atoms with van der Waals surface area (Å²) in [6.07, 6.45) is 3.35. The molecule has 0 spiro atoms. The van der Waals surface area contributed by atoms with Crippen molar-refractivity contribution in [1.82, 2.24) is 19.9 Å². The van der Waals surface area contributed by atoms with Gasteiger partial charge in [-0.25, -0.2) is 9.97 Å². The molecule has 4 heterocycles. The van der Waals surface area contributed by atoms with Crippen molar-refractivity contribution in [2.24, 2.45) is 0 Å². The van der Waals surface area contributed by atoms with Crippen LogP contribution >= 0.6 is 0 Å². The lowest BCUT2D eigenvalue weighted by molar-refractivity contribution is -0.384. The smallest absolute Gasteiger partial charge is 0.271 e. The number of nitrogens with two attached hydrogens (primary N) is 3. The first-order valence-electron chi connectivity index (χ1n) is 10.2. The molecule has 0 atom stereocenters. The highest BCUT2D eigenvalue weighted by molar-refractivity contribution is 6.09. The van der Waals surface area contributed by atoms with Crippen LogP contribution in [-0.2, 0) is 0 Å². The average molecular weight is 450 g/mol. The summed E-state index contributed by atoms with van der Waals surface area (Å²) in [6, 6.07) is 17.7. The summed E-state index contributed by atoms with van der Waals surface area (Å²) in [4.78, 5) is 27.1. The molecule has 10 nitrogen and oxygen atoms in total. The minimum atomic E-state index is -0.454. The first-order valence-corrected chi connectivity index (χ1v) is 10.2. The van der Waals surface area contributed by atoms with Gasteiger partial charge in [0, 0.05) is 51.8 Å². The van der Waals surface area contributed by atoms with Crippen LogP contribution in [0.15, 0.2) is 73.1 Å². The zero-order chi connectivity index (χ0) is 23.8. The maximum atomic E-state index is 10.7. The maximum absolute atomic E-state index is 10.7. The molecular weight excluding hydrogens is 432 g/mol. The summed E-state index contributed by atoms with van der Waals surface area (Å²) in [5.74, 6) is 0.715.